The van der Waals surface area contributed by atoms with E-state index in [1.165, 1.54) is 5.56 Å². The quantitative estimate of drug-likeness (QED) is 0.778. The molecule has 0 saturated carbocycles. The predicted octanol–water partition coefficient (Wildman–Crippen LogP) is 3.88. The van der Waals surface area contributed by atoms with E-state index in [0.29, 0.717) is 23.8 Å². The minimum Gasteiger partial charge on any atom is -0.497 e. The molecule has 0 radical (unpaired) electrons. The number of amides is 1. The fourth-order valence-corrected chi connectivity index (χ4v) is 3.31. The number of carbonyl (C=O) groups is 2. The second-order valence-electron chi connectivity index (χ2n) is 6.59. The van der Waals surface area contributed by atoms with E-state index in [-0.39, 0.29) is 24.5 Å². The first-order chi connectivity index (χ1) is 12.1. The van der Waals surface area contributed by atoms with Crippen molar-refractivity contribution < 1.29 is 14.3 Å². The van der Waals surface area contributed by atoms with Crippen molar-refractivity contribution in [1.82, 2.24) is 0 Å². The molecule has 0 saturated heterocycles. The Bertz CT molecular complexity index is 767. The van der Waals surface area contributed by atoms with Crippen LogP contribution in [0, 0.1) is 5.92 Å². The Morgan fingerprint density at radius 1 is 1.08 bits per heavy atom. The van der Waals surface area contributed by atoms with Crippen molar-refractivity contribution in [3.8, 4) is 5.75 Å². The molecule has 2 aromatic carbocycles. The van der Waals surface area contributed by atoms with Gasteiger partial charge in [0.05, 0.1) is 7.11 Å². The Labute approximate surface area is 148 Å². The van der Waals surface area contributed by atoms with Crippen molar-refractivity contribution in [2.24, 2.45) is 5.92 Å². The number of benzene rings is 2. The third-order valence-electron chi connectivity index (χ3n) is 4.62. The largest absolute Gasteiger partial charge is 0.497 e. The van der Waals surface area contributed by atoms with E-state index in [2.05, 4.69) is 13.0 Å². The van der Waals surface area contributed by atoms with Crippen LogP contribution in [-0.2, 0) is 11.2 Å². The first-order valence-electron chi connectivity index (χ1n) is 8.64. The average molecular weight is 337 g/mol. The number of Topliss-reactive ketones (excluding diaryl/α,β-unsaturated/α-hetero) is 1. The summed E-state index contributed by atoms with van der Waals surface area (Å²) < 4.78 is 5.10. The maximum absolute atomic E-state index is 12.7. The number of nitrogens with zero attached hydrogens (tertiary/aromatic N) is 1. The SMILES string of the molecule is COc1ccc(C(=O)CCC(=O)N2CC(C)Cc3ccccc32)cc1. The number of anilines is 1. The third kappa shape index (κ3) is 3.90. The summed E-state index contributed by atoms with van der Waals surface area (Å²) in [5.41, 5.74) is 2.81. The van der Waals surface area contributed by atoms with Gasteiger partial charge in [0.25, 0.3) is 0 Å². The molecule has 1 amide bonds. The number of fused-ring (bicyclic) bond motifs is 1. The lowest BCUT2D eigenvalue weighted by atomic mass is 9.93. The van der Waals surface area contributed by atoms with Crippen molar-refractivity contribution in [2.45, 2.75) is 26.2 Å². The highest BCUT2D eigenvalue weighted by Crippen LogP contribution is 2.30. The van der Waals surface area contributed by atoms with Gasteiger partial charge in [-0.25, -0.2) is 0 Å². The van der Waals surface area contributed by atoms with Crippen LogP contribution >= 0.6 is 0 Å². The monoisotopic (exact) mass is 337 g/mol. The molecule has 0 bridgehead atoms. The van der Waals surface area contributed by atoms with Gasteiger partial charge in [-0.3, -0.25) is 9.59 Å². The lowest BCUT2D eigenvalue weighted by molar-refractivity contribution is -0.118. The summed E-state index contributed by atoms with van der Waals surface area (Å²) >= 11 is 0. The molecule has 4 heteroatoms. The molecule has 4 nitrogen and oxygen atoms in total. The van der Waals surface area contributed by atoms with Crippen LogP contribution in [0.25, 0.3) is 0 Å². The Morgan fingerprint density at radius 2 is 1.80 bits per heavy atom. The minimum absolute atomic E-state index is 0.0147. The maximum Gasteiger partial charge on any atom is 0.227 e. The molecule has 1 atom stereocenters. The van der Waals surface area contributed by atoms with E-state index in [9.17, 15) is 9.59 Å². The van der Waals surface area contributed by atoms with Crippen LogP contribution in [0.5, 0.6) is 5.75 Å². The molecule has 25 heavy (non-hydrogen) atoms. The van der Waals surface area contributed by atoms with Crippen LogP contribution in [0.3, 0.4) is 0 Å². The molecule has 0 fully saturated rings. The van der Waals surface area contributed by atoms with E-state index in [4.69, 9.17) is 4.74 Å². The van der Waals surface area contributed by atoms with Gasteiger partial charge in [0.2, 0.25) is 5.91 Å². The predicted molar refractivity (Wildman–Crippen MR) is 98.2 cm³/mol. The standard InChI is InChI=1S/C21H23NO3/c1-15-13-17-5-3-4-6-19(17)22(14-15)21(24)12-11-20(23)16-7-9-18(25-2)10-8-16/h3-10,15H,11-14H2,1-2H3. The van der Waals surface area contributed by atoms with Crippen molar-refractivity contribution >= 4 is 17.4 Å². The first kappa shape index (κ1) is 17.2. The van der Waals surface area contributed by atoms with Gasteiger partial charge in [0.15, 0.2) is 5.78 Å². The molecular formula is C21H23NO3. The van der Waals surface area contributed by atoms with Gasteiger partial charge in [0.1, 0.15) is 5.75 Å². The lowest BCUT2D eigenvalue weighted by Crippen LogP contribution is -2.39. The highest BCUT2D eigenvalue weighted by molar-refractivity contribution is 6.01. The summed E-state index contributed by atoms with van der Waals surface area (Å²) in [5.74, 6) is 1.14. The Kier molecular flexibility index (Phi) is 5.17. The van der Waals surface area contributed by atoms with Gasteiger partial charge in [-0.2, -0.15) is 0 Å². The van der Waals surface area contributed by atoms with E-state index in [1.807, 2.05) is 23.1 Å². The number of hydrogen-bond donors (Lipinski definition) is 0. The Hall–Kier alpha value is -2.62. The zero-order valence-corrected chi connectivity index (χ0v) is 14.7. The summed E-state index contributed by atoms with van der Waals surface area (Å²) in [6.45, 7) is 2.87. The molecule has 130 valence electrons. The second kappa shape index (κ2) is 7.51. The number of methoxy groups -OCH3 is 1. The molecule has 0 aliphatic carbocycles. The molecule has 0 N–H and O–H groups in total. The Balaban J connectivity index is 1.65. The number of carbonyl (C=O) groups excluding carboxylic acids is 2. The van der Waals surface area contributed by atoms with E-state index in [0.717, 1.165) is 12.1 Å². The van der Waals surface area contributed by atoms with E-state index < -0.39 is 0 Å². The highest BCUT2D eigenvalue weighted by atomic mass is 16.5. The van der Waals surface area contributed by atoms with Gasteiger partial charge in [-0.1, -0.05) is 25.1 Å². The van der Waals surface area contributed by atoms with Crippen molar-refractivity contribution in [2.75, 3.05) is 18.6 Å². The van der Waals surface area contributed by atoms with Crippen molar-refractivity contribution in [3.05, 3.63) is 59.7 Å². The van der Waals surface area contributed by atoms with Crippen LogP contribution in [0.2, 0.25) is 0 Å². The minimum atomic E-state index is -0.0191. The van der Waals surface area contributed by atoms with Crippen molar-refractivity contribution in [1.29, 1.82) is 0 Å². The molecule has 3 rings (SSSR count). The number of rotatable bonds is 5. The van der Waals surface area contributed by atoms with Crippen LogP contribution < -0.4 is 9.64 Å². The number of hydrogen-bond acceptors (Lipinski definition) is 3. The first-order valence-corrected chi connectivity index (χ1v) is 8.64. The fraction of sp³-hybridized carbons (Fsp3) is 0.333. The molecule has 2 aromatic rings. The molecule has 1 aliphatic heterocycles. The average Bonchev–Trinajstić information content (AvgIpc) is 2.65. The van der Waals surface area contributed by atoms with Crippen LogP contribution in [0.1, 0.15) is 35.7 Å². The molecule has 0 spiro atoms. The van der Waals surface area contributed by atoms with Crippen LogP contribution in [-0.4, -0.2) is 25.3 Å². The summed E-state index contributed by atoms with van der Waals surface area (Å²) in [4.78, 5) is 26.9. The number of ether oxygens (including phenoxy) is 1. The third-order valence-corrected chi connectivity index (χ3v) is 4.62. The second-order valence-corrected chi connectivity index (χ2v) is 6.59. The molecule has 0 aromatic heterocycles. The van der Waals surface area contributed by atoms with Gasteiger partial charge in [-0.15, -0.1) is 0 Å². The van der Waals surface area contributed by atoms with Gasteiger partial charge in [0, 0.05) is 30.6 Å². The summed E-state index contributed by atoms with van der Waals surface area (Å²) in [7, 11) is 1.59. The molecule has 1 unspecified atom stereocenters. The summed E-state index contributed by atoms with van der Waals surface area (Å²) in [5, 5.41) is 0. The molecular weight excluding hydrogens is 314 g/mol. The van der Waals surface area contributed by atoms with Gasteiger partial charge in [-0.05, 0) is 48.2 Å². The fourth-order valence-electron chi connectivity index (χ4n) is 3.31. The molecule has 1 heterocycles. The zero-order chi connectivity index (χ0) is 17.8. The number of para-hydroxylation sites is 1. The lowest BCUT2D eigenvalue weighted by Gasteiger charge is -2.33. The van der Waals surface area contributed by atoms with Crippen LogP contribution in [0.15, 0.2) is 48.5 Å². The van der Waals surface area contributed by atoms with E-state index in [1.54, 1.807) is 31.4 Å². The van der Waals surface area contributed by atoms with Gasteiger partial charge < -0.3 is 9.64 Å². The van der Waals surface area contributed by atoms with Crippen LogP contribution in [0.4, 0.5) is 5.69 Å². The normalized spacial score (nSPS) is 16.2. The summed E-state index contributed by atoms with van der Waals surface area (Å²) in [6.07, 6.45) is 1.44. The van der Waals surface area contributed by atoms with Gasteiger partial charge >= 0.3 is 0 Å². The Morgan fingerprint density at radius 3 is 2.52 bits per heavy atom. The van der Waals surface area contributed by atoms with Crippen molar-refractivity contribution in [3.63, 3.8) is 0 Å². The maximum atomic E-state index is 12.7. The smallest absolute Gasteiger partial charge is 0.227 e. The zero-order valence-electron chi connectivity index (χ0n) is 14.7. The molecule has 1 aliphatic rings. The van der Waals surface area contributed by atoms with E-state index >= 15 is 0 Å². The topological polar surface area (TPSA) is 46.6 Å². The highest BCUT2D eigenvalue weighted by Gasteiger charge is 2.26. The summed E-state index contributed by atoms with van der Waals surface area (Å²) in [6, 6.07) is 15.0. The number of ketones is 1.